The minimum Gasteiger partial charge on any atom is -0.395 e. The molecule has 3 heteroatoms. The monoisotopic (exact) mass is 159 g/mol. The molecule has 0 aromatic rings. The highest BCUT2D eigenvalue weighted by molar-refractivity contribution is 4.93. The second-order valence-electron chi connectivity index (χ2n) is 3.24. The van der Waals surface area contributed by atoms with Crippen molar-refractivity contribution in [1.29, 1.82) is 0 Å². The lowest BCUT2D eigenvalue weighted by atomic mass is 10.3. The number of nitrogens with one attached hydrogen (secondary N) is 1. The number of hydrogen-bond acceptors (Lipinski definition) is 3. The molecule has 0 amide bonds. The Labute approximate surface area is 67.4 Å². The highest BCUT2D eigenvalue weighted by Crippen LogP contribution is 2.33. The molecule has 0 aliphatic heterocycles. The lowest BCUT2D eigenvalue weighted by Gasteiger charge is -2.12. The third-order valence-electron chi connectivity index (χ3n) is 2.34. The molecule has 0 aromatic carbocycles. The first-order chi connectivity index (χ1) is 5.31. The van der Waals surface area contributed by atoms with Gasteiger partial charge in [0.25, 0.3) is 0 Å². The molecule has 0 bridgehead atoms. The van der Waals surface area contributed by atoms with E-state index in [1.165, 1.54) is 12.8 Å². The third-order valence-corrected chi connectivity index (χ3v) is 2.34. The van der Waals surface area contributed by atoms with Crippen LogP contribution in [-0.4, -0.2) is 35.5 Å². The van der Waals surface area contributed by atoms with Gasteiger partial charge in [0.1, 0.15) is 0 Å². The summed E-state index contributed by atoms with van der Waals surface area (Å²) in [5, 5.41) is 20.7. The molecule has 66 valence electrons. The second-order valence-corrected chi connectivity index (χ2v) is 3.24. The van der Waals surface area contributed by atoms with Crippen molar-refractivity contribution in [2.24, 2.45) is 5.92 Å². The Bertz CT molecular complexity index is 115. The average Bonchev–Trinajstić information content (AvgIpc) is 2.78. The predicted octanol–water partition coefficient (Wildman–Crippen LogP) is -0.272. The van der Waals surface area contributed by atoms with E-state index in [0.717, 1.165) is 5.92 Å². The Morgan fingerprint density at radius 3 is 2.45 bits per heavy atom. The molecule has 0 spiro atoms. The Kier molecular flexibility index (Phi) is 3.30. The van der Waals surface area contributed by atoms with Crippen LogP contribution in [0.2, 0.25) is 0 Å². The van der Waals surface area contributed by atoms with Gasteiger partial charge in [0.15, 0.2) is 0 Å². The highest BCUT2D eigenvalue weighted by Gasteiger charge is 2.36. The summed E-state index contributed by atoms with van der Waals surface area (Å²) in [5.74, 6) is 0.774. The van der Waals surface area contributed by atoms with Crippen LogP contribution < -0.4 is 5.32 Å². The van der Waals surface area contributed by atoms with Crippen LogP contribution in [0.1, 0.15) is 19.8 Å². The van der Waals surface area contributed by atoms with Gasteiger partial charge >= 0.3 is 0 Å². The van der Waals surface area contributed by atoms with E-state index in [-0.39, 0.29) is 19.3 Å². The first-order valence-electron chi connectivity index (χ1n) is 4.29. The van der Waals surface area contributed by atoms with Crippen LogP contribution in [-0.2, 0) is 0 Å². The fourth-order valence-electron chi connectivity index (χ4n) is 1.37. The van der Waals surface area contributed by atoms with Crippen molar-refractivity contribution < 1.29 is 10.2 Å². The van der Waals surface area contributed by atoms with Gasteiger partial charge in [-0.2, -0.15) is 0 Å². The summed E-state index contributed by atoms with van der Waals surface area (Å²) in [4.78, 5) is 0. The average molecular weight is 159 g/mol. The van der Waals surface area contributed by atoms with Crippen LogP contribution in [0.15, 0.2) is 0 Å². The van der Waals surface area contributed by atoms with Crippen molar-refractivity contribution >= 4 is 0 Å². The van der Waals surface area contributed by atoms with E-state index in [0.29, 0.717) is 6.04 Å². The van der Waals surface area contributed by atoms with Crippen molar-refractivity contribution in [1.82, 2.24) is 5.32 Å². The van der Waals surface area contributed by atoms with Crippen molar-refractivity contribution in [2.45, 2.75) is 31.8 Å². The molecule has 1 aliphatic rings. The van der Waals surface area contributed by atoms with E-state index < -0.39 is 0 Å². The van der Waals surface area contributed by atoms with Gasteiger partial charge in [-0.1, -0.05) is 13.3 Å². The van der Waals surface area contributed by atoms with Crippen molar-refractivity contribution in [2.75, 3.05) is 13.2 Å². The van der Waals surface area contributed by atoms with Crippen LogP contribution in [0.5, 0.6) is 0 Å². The molecule has 2 atom stereocenters. The zero-order valence-electron chi connectivity index (χ0n) is 6.95. The molecule has 0 aromatic heterocycles. The normalized spacial score (nSPS) is 29.5. The summed E-state index contributed by atoms with van der Waals surface area (Å²) < 4.78 is 0. The quantitative estimate of drug-likeness (QED) is 0.517. The van der Waals surface area contributed by atoms with E-state index in [4.69, 9.17) is 10.2 Å². The van der Waals surface area contributed by atoms with Gasteiger partial charge in [-0.15, -0.1) is 0 Å². The maximum absolute atomic E-state index is 8.74. The Morgan fingerprint density at radius 2 is 2.09 bits per heavy atom. The molecule has 1 saturated carbocycles. The molecule has 1 rings (SSSR count). The van der Waals surface area contributed by atoms with Gasteiger partial charge in [-0.05, 0) is 12.3 Å². The molecule has 1 fully saturated rings. The van der Waals surface area contributed by atoms with Crippen LogP contribution >= 0.6 is 0 Å². The zero-order chi connectivity index (χ0) is 8.27. The minimum atomic E-state index is -0.114. The van der Waals surface area contributed by atoms with Gasteiger partial charge in [0, 0.05) is 6.04 Å². The van der Waals surface area contributed by atoms with Gasteiger partial charge in [0.05, 0.1) is 19.3 Å². The molecule has 3 nitrogen and oxygen atoms in total. The second kappa shape index (κ2) is 4.04. The minimum absolute atomic E-state index is 0.0312. The topological polar surface area (TPSA) is 52.5 Å². The molecule has 2 unspecified atom stereocenters. The molecule has 0 saturated heterocycles. The molecule has 11 heavy (non-hydrogen) atoms. The number of aliphatic hydroxyl groups is 2. The third kappa shape index (κ3) is 2.43. The maximum Gasteiger partial charge on any atom is 0.0607 e. The summed E-state index contributed by atoms with van der Waals surface area (Å²) in [6.45, 7) is 2.23. The fraction of sp³-hybridized carbons (Fsp3) is 1.00. The summed E-state index contributed by atoms with van der Waals surface area (Å²) in [6.07, 6.45) is 2.40. The summed E-state index contributed by atoms with van der Waals surface area (Å²) in [6, 6.07) is 0.431. The predicted molar refractivity (Wildman–Crippen MR) is 43.3 cm³/mol. The van der Waals surface area contributed by atoms with E-state index in [9.17, 15) is 0 Å². The number of rotatable bonds is 5. The Hall–Kier alpha value is -0.120. The van der Waals surface area contributed by atoms with E-state index in [1.54, 1.807) is 0 Å². The van der Waals surface area contributed by atoms with E-state index >= 15 is 0 Å². The SMILES string of the molecule is CCC1CC1NC(CO)CO. The maximum atomic E-state index is 8.74. The van der Waals surface area contributed by atoms with Crippen molar-refractivity contribution in [3.8, 4) is 0 Å². The van der Waals surface area contributed by atoms with Gasteiger partial charge in [-0.3, -0.25) is 0 Å². The van der Waals surface area contributed by atoms with Crippen LogP contribution in [0.25, 0.3) is 0 Å². The van der Waals surface area contributed by atoms with Gasteiger partial charge < -0.3 is 15.5 Å². The van der Waals surface area contributed by atoms with Crippen molar-refractivity contribution in [3.05, 3.63) is 0 Å². The Balaban J connectivity index is 2.11. The first-order valence-corrected chi connectivity index (χ1v) is 4.29. The van der Waals surface area contributed by atoms with Crippen LogP contribution in [0, 0.1) is 5.92 Å². The smallest absolute Gasteiger partial charge is 0.0607 e. The number of aliphatic hydroxyl groups excluding tert-OH is 2. The summed E-state index contributed by atoms with van der Waals surface area (Å²) in [7, 11) is 0. The largest absolute Gasteiger partial charge is 0.395 e. The fourth-order valence-corrected chi connectivity index (χ4v) is 1.37. The summed E-state index contributed by atoms with van der Waals surface area (Å²) in [5.41, 5.74) is 0. The lowest BCUT2D eigenvalue weighted by molar-refractivity contribution is 0.169. The molecule has 0 heterocycles. The molecule has 1 aliphatic carbocycles. The first kappa shape index (κ1) is 8.97. The van der Waals surface area contributed by atoms with Crippen molar-refractivity contribution in [3.63, 3.8) is 0 Å². The summed E-state index contributed by atoms with van der Waals surface area (Å²) >= 11 is 0. The lowest BCUT2D eigenvalue weighted by Crippen LogP contribution is -2.37. The molecular formula is C8H17NO2. The standard InChI is InChI=1S/C8H17NO2/c1-2-6-3-8(6)9-7(4-10)5-11/h6-11H,2-5H2,1H3. The molecular weight excluding hydrogens is 142 g/mol. The van der Waals surface area contributed by atoms with Crippen LogP contribution in [0.3, 0.4) is 0 Å². The Morgan fingerprint density at radius 1 is 1.45 bits per heavy atom. The van der Waals surface area contributed by atoms with E-state index in [1.807, 2.05) is 0 Å². The van der Waals surface area contributed by atoms with Crippen LogP contribution in [0.4, 0.5) is 0 Å². The number of hydrogen-bond donors (Lipinski definition) is 3. The highest BCUT2D eigenvalue weighted by atomic mass is 16.3. The zero-order valence-corrected chi connectivity index (χ0v) is 6.95. The van der Waals surface area contributed by atoms with Gasteiger partial charge in [0.2, 0.25) is 0 Å². The molecule has 3 N–H and O–H groups in total. The van der Waals surface area contributed by atoms with Gasteiger partial charge in [-0.25, -0.2) is 0 Å². The molecule has 0 radical (unpaired) electrons. The van der Waals surface area contributed by atoms with E-state index in [2.05, 4.69) is 12.2 Å².